The third-order valence-corrected chi connectivity index (χ3v) is 6.16. The molecule has 3 heterocycles. The zero-order chi connectivity index (χ0) is 20.2. The molecule has 0 bridgehead atoms. The number of rotatable bonds is 7. The number of carbonyl (C=O) groups excluding carboxylic acids is 1. The van der Waals surface area contributed by atoms with Gasteiger partial charge < -0.3 is 9.47 Å². The fourth-order valence-corrected chi connectivity index (χ4v) is 4.59. The number of ketones is 1. The maximum Gasteiger partial charge on any atom is 0.193 e. The van der Waals surface area contributed by atoms with Crippen molar-refractivity contribution >= 4 is 17.1 Å². The van der Waals surface area contributed by atoms with Gasteiger partial charge in [0.25, 0.3) is 0 Å². The van der Waals surface area contributed by atoms with E-state index in [9.17, 15) is 4.79 Å². The molecular weight excluding hydrogens is 386 g/mol. The molecular formula is C22H25N3O3S. The third kappa shape index (κ3) is 4.21. The Kier molecular flexibility index (Phi) is 5.97. The van der Waals surface area contributed by atoms with Crippen LogP contribution in [-0.2, 0) is 6.54 Å². The third-order valence-electron chi connectivity index (χ3n) is 5.39. The highest BCUT2D eigenvalue weighted by atomic mass is 32.1. The number of hydrogen-bond acceptors (Lipinski definition) is 6. The van der Waals surface area contributed by atoms with Gasteiger partial charge in [0.2, 0.25) is 0 Å². The average Bonchev–Trinajstić information content (AvgIpc) is 3.44. The van der Waals surface area contributed by atoms with Crippen molar-refractivity contribution < 1.29 is 14.3 Å². The van der Waals surface area contributed by atoms with Gasteiger partial charge in [-0.05, 0) is 49.7 Å². The van der Waals surface area contributed by atoms with Gasteiger partial charge in [-0.1, -0.05) is 0 Å². The normalized spacial score (nSPS) is 17.2. The van der Waals surface area contributed by atoms with Gasteiger partial charge in [-0.3, -0.25) is 14.3 Å². The van der Waals surface area contributed by atoms with E-state index in [1.54, 1.807) is 37.7 Å². The number of aromatic nitrogens is 2. The van der Waals surface area contributed by atoms with E-state index in [0.717, 1.165) is 37.6 Å². The highest BCUT2D eigenvalue weighted by Gasteiger charge is 2.27. The maximum absolute atomic E-state index is 13.1. The molecule has 0 amide bonds. The minimum absolute atomic E-state index is 0.00914. The lowest BCUT2D eigenvalue weighted by molar-refractivity contribution is 0.0809. The van der Waals surface area contributed by atoms with Gasteiger partial charge in [0.1, 0.15) is 0 Å². The largest absolute Gasteiger partial charge is 0.493 e. The highest BCUT2D eigenvalue weighted by Crippen LogP contribution is 2.30. The molecule has 0 saturated carbocycles. The van der Waals surface area contributed by atoms with Crippen LogP contribution in [0.5, 0.6) is 11.5 Å². The Bertz CT molecular complexity index is 968. The van der Waals surface area contributed by atoms with Gasteiger partial charge in [-0.2, -0.15) is 0 Å². The lowest BCUT2D eigenvalue weighted by Gasteiger charge is -2.32. The van der Waals surface area contributed by atoms with Crippen LogP contribution in [0.3, 0.4) is 0 Å². The van der Waals surface area contributed by atoms with Crippen molar-refractivity contribution in [2.75, 3.05) is 27.3 Å². The summed E-state index contributed by atoms with van der Waals surface area (Å²) in [6, 6.07) is 9.59. The molecule has 4 rings (SSSR count). The summed E-state index contributed by atoms with van der Waals surface area (Å²) in [4.78, 5) is 19.9. The number of ether oxygens (including phenoxy) is 2. The molecule has 0 unspecified atom stereocenters. The molecule has 0 aliphatic carbocycles. The Morgan fingerprint density at radius 2 is 2.10 bits per heavy atom. The first-order chi connectivity index (χ1) is 14.2. The van der Waals surface area contributed by atoms with Crippen molar-refractivity contribution in [2.24, 2.45) is 5.92 Å². The Morgan fingerprint density at radius 1 is 1.24 bits per heavy atom. The molecule has 6 nitrogen and oxygen atoms in total. The van der Waals surface area contributed by atoms with Gasteiger partial charge >= 0.3 is 0 Å². The van der Waals surface area contributed by atoms with Gasteiger partial charge in [-0.25, -0.2) is 4.98 Å². The summed E-state index contributed by atoms with van der Waals surface area (Å²) < 4.78 is 12.8. The number of benzene rings is 1. The number of carbonyl (C=O) groups is 1. The van der Waals surface area contributed by atoms with Crippen LogP contribution in [0.2, 0.25) is 0 Å². The second-order valence-electron chi connectivity index (χ2n) is 7.19. The lowest BCUT2D eigenvalue weighted by atomic mass is 9.89. The van der Waals surface area contributed by atoms with Gasteiger partial charge in [0.05, 0.1) is 14.2 Å². The van der Waals surface area contributed by atoms with Crippen LogP contribution < -0.4 is 9.47 Å². The fraction of sp³-hybridized carbons (Fsp3) is 0.364. The predicted molar refractivity (Wildman–Crippen MR) is 113 cm³/mol. The molecule has 1 aromatic carbocycles. The summed E-state index contributed by atoms with van der Waals surface area (Å²) in [6.45, 7) is 2.57. The molecule has 1 atom stereocenters. The molecule has 0 N–H and O–H groups in total. The Balaban J connectivity index is 1.46. The van der Waals surface area contributed by atoms with E-state index in [4.69, 9.17) is 9.47 Å². The van der Waals surface area contributed by atoms with Crippen LogP contribution in [0, 0.1) is 5.92 Å². The molecule has 29 heavy (non-hydrogen) atoms. The van der Waals surface area contributed by atoms with E-state index in [1.165, 1.54) is 5.69 Å². The quantitative estimate of drug-likeness (QED) is 0.549. The zero-order valence-electron chi connectivity index (χ0n) is 16.7. The molecule has 1 aliphatic heterocycles. The van der Waals surface area contributed by atoms with Crippen LogP contribution in [0.1, 0.15) is 28.9 Å². The number of thiazole rings is 1. The zero-order valence-corrected chi connectivity index (χ0v) is 17.5. The SMILES string of the molecule is COc1ccc(C(=O)[C@@H]2CCCN(Cc3cccn3-c3nccs3)C2)cc1OC. The molecule has 7 heteroatoms. The molecule has 2 aromatic heterocycles. The summed E-state index contributed by atoms with van der Waals surface area (Å²) in [5, 5.41) is 2.96. The number of methoxy groups -OCH3 is 2. The minimum atomic E-state index is -0.00914. The first-order valence-corrected chi connectivity index (χ1v) is 10.6. The summed E-state index contributed by atoms with van der Waals surface area (Å²) >= 11 is 1.62. The first kappa shape index (κ1) is 19.7. The first-order valence-electron chi connectivity index (χ1n) is 9.74. The van der Waals surface area contributed by atoms with E-state index in [2.05, 4.69) is 20.5 Å². The monoisotopic (exact) mass is 411 g/mol. The molecule has 152 valence electrons. The Labute approximate surface area is 174 Å². The Morgan fingerprint density at radius 3 is 2.86 bits per heavy atom. The number of nitrogens with zero attached hydrogens (tertiary/aromatic N) is 3. The van der Waals surface area contributed by atoms with Crippen molar-refractivity contribution in [3.05, 3.63) is 59.4 Å². The summed E-state index contributed by atoms with van der Waals surface area (Å²) in [7, 11) is 3.19. The van der Waals surface area contributed by atoms with E-state index in [1.807, 2.05) is 29.9 Å². The summed E-state index contributed by atoms with van der Waals surface area (Å²) in [5.41, 5.74) is 1.87. The average molecular weight is 412 g/mol. The maximum atomic E-state index is 13.1. The van der Waals surface area contributed by atoms with Crippen molar-refractivity contribution in [1.82, 2.24) is 14.5 Å². The number of Topliss-reactive ketones (excluding diaryl/α,β-unsaturated/α-hetero) is 1. The fourth-order valence-electron chi connectivity index (χ4n) is 3.93. The van der Waals surface area contributed by atoms with E-state index < -0.39 is 0 Å². The number of likely N-dealkylation sites (tertiary alicyclic amines) is 1. The van der Waals surface area contributed by atoms with Crippen LogP contribution in [-0.4, -0.2) is 47.5 Å². The number of piperidine rings is 1. The van der Waals surface area contributed by atoms with Crippen LogP contribution in [0.4, 0.5) is 0 Å². The second-order valence-corrected chi connectivity index (χ2v) is 8.07. The molecule has 1 fully saturated rings. The highest BCUT2D eigenvalue weighted by molar-refractivity contribution is 7.12. The van der Waals surface area contributed by atoms with Gasteiger partial charge in [0, 0.05) is 48.0 Å². The second kappa shape index (κ2) is 8.80. The van der Waals surface area contributed by atoms with Crippen LogP contribution in [0.15, 0.2) is 48.1 Å². The molecule has 1 aliphatic rings. The van der Waals surface area contributed by atoms with Crippen molar-refractivity contribution in [3.8, 4) is 16.6 Å². The molecule has 0 spiro atoms. The Hall–Kier alpha value is -2.64. The summed E-state index contributed by atoms with van der Waals surface area (Å²) in [6.07, 6.45) is 5.80. The van der Waals surface area contributed by atoms with Gasteiger partial charge in [-0.15, -0.1) is 11.3 Å². The predicted octanol–water partition coefficient (Wildman–Crippen LogP) is 4.05. The topological polar surface area (TPSA) is 56.6 Å². The standard InChI is InChI=1S/C22H25N3O3S/c1-27-19-8-7-16(13-20(19)28-2)21(26)17-5-3-10-24(14-17)15-18-6-4-11-25(18)22-23-9-12-29-22/h4,6-9,11-13,17H,3,5,10,14-15H2,1-2H3/t17-/m1/s1. The van der Waals surface area contributed by atoms with E-state index >= 15 is 0 Å². The molecule has 0 radical (unpaired) electrons. The summed E-state index contributed by atoms with van der Waals surface area (Å²) in [5.74, 6) is 1.39. The minimum Gasteiger partial charge on any atom is -0.493 e. The number of hydrogen-bond donors (Lipinski definition) is 0. The van der Waals surface area contributed by atoms with Crippen molar-refractivity contribution in [1.29, 1.82) is 0 Å². The van der Waals surface area contributed by atoms with Crippen LogP contribution >= 0.6 is 11.3 Å². The lowest BCUT2D eigenvalue weighted by Crippen LogP contribution is -2.38. The molecule has 1 saturated heterocycles. The van der Waals surface area contributed by atoms with Gasteiger partial charge in [0.15, 0.2) is 22.4 Å². The van der Waals surface area contributed by atoms with Crippen LogP contribution in [0.25, 0.3) is 5.13 Å². The smallest absolute Gasteiger partial charge is 0.193 e. The van der Waals surface area contributed by atoms with Crippen molar-refractivity contribution in [3.63, 3.8) is 0 Å². The van der Waals surface area contributed by atoms with E-state index in [-0.39, 0.29) is 11.7 Å². The van der Waals surface area contributed by atoms with E-state index in [0.29, 0.717) is 17.1 Å². The van der Waals surface area contributed by atoms with Crippen molar-refractivity contribution in [2.45, 2.75) is 19.4 Å². The molecule has 3 aromatic rings.